The van der Waals surface area contributed by atoms with Crippen molar-refractivity contribution in [2.24, 2.45) is 0 Å². The first kappa shape index (κ1) is 30.1. The minimum absolute atomic E-state index is 0.560. The molecule has 0 bridgehead atoms. The summed E-state index contributed by atoms with van der Waals surface area (Å²) in [6.07, 6.45) is 0. The number of benzene rings is 7. The van der Waals surface area contributed by atoms with E-state index in [-0.39, 0.29) is 0 Å². The Morgan fingerprint density at radius 1 is 0.415 bits per heavy atom. The van der Waals surface area contributed by atoms with Crippen molar-refractivity contribution >= 4 is 55.0 Å². The van der Waals surface area contributed by atoms with Crippen LogP contribution in [0.5, 0.6) is 0 Å². The van der Waals surface area contributed by atoms with Gasteiger partial charge in [0.15, 0.2) is 11.4 Å². The van der Waals surface area contributed by atoms with Crippen molar-refractivity contribution in [3.63, 3.8) is 0 Å². The fourth-order valence-electron chi connectivity index (χ4n) is 7.64. The SMILES string of the molecule is [C-]#[N+]c1ccc(-c2nnn(-c3ccc4c5ccccc5n(-c5cccc(-n6c7ccccc7c7ccccc76)c5)c4c3)c2-c2ccc([N+]#[C-])cc2)cc1. The molecule has 0 unspecified atom stereocenters. The van der Waals surface area contributed by atoms with Crippen molar-refractivity contribution in [2.75, 3.05) is 0 Å². The molecule has 0 saturated carbocycles. The zero-order valence-corrected chi connectivity index (χ0v) is 28.2. The van der Waals surface area contributed by atoms with Crippen LogP contribution in [0.15, 0.2) is 164 Å². The van der Waals surface area contributed by atoms with Gasteiger partial charge in [-0.15, -0.1) is 5.10 Å². The number of hydrogen-bond acceptors (Lipinski definition) is 2. The number of aromatic nitrogens is 5. The van der Waals surface area contributed by atoms with Crippen LogP contribution < -0.4 is 0 Å². The number of nitrogens with zero attached hydrogens (tertiary/aromatic N) is 7. The van der Waals surface area contributed by atoms with Crippen molar-refractivity contribution in [1.29, 1.82) is 0 Å². The van der Waals surface area contributed by atoms with Crippen molar-refractivity contribution in [1.82, 2.24) is 24.1 Å². The van der Waals surface area contributed by atoms with Gasteiger partial charge in [-0.2, -0.15) is 0 Å². The van der Waals surface area contributed by atoms with E-state index >= 15 is 0 Å². The van der Waals surface area contributed by atoms with Gasteiger partial charge in [0.05, 0.1) is 40.9 Å². The van der Waals surface area contributed by atoms with Gasteiger partial charge in [-0.05, 0) is 48.5 Å². The molecule has 3 aromatic heterocycles. The molecule has 53 heavy (non-hydrogen) atoms. The third-order valence-corrected chi connectivity index (χ3v) is 10.0. The lowest BCUT2D eigenvalue weighted by Crippen LogP contribution is -2.01. The maximum Gasteiger partial charge on any atom is 0.187 e. The Balaban J connectivity index is 1.19. The van der Waals surface area contributed by atoms with Gasteiger partial charge < -0.3 is 9.13 Å². The molecular formula is C46H27N7. The van der Waals surface area contributed by atoms with Crippen LogP contribution in [0.25, 0.3) is 92.9 Å². The summed E-state index contributed by atoms with van der Waals surface area (Å²) in [6, 6.07) is 55.8. The molecule has 0 saturated heterocycles. The van der Waals surface area contributed by atoms with Crippen LogP contribution in [-0.2, 0) is 0 Å². The Hall–Kier alpha value is -7.74. The molecule has 0 N–H and O–H groups in total. The second-order valence-corrected chi connectivity index (χ2v) is 13.0. The van der Waals surface area contributed by atoms with E-state index in [0.29, 0.717) is 17.1 Å². The molecule has 3 heterocycles. The van der Waals surface area contributed by atoms with Gasteiger partial charge in [0.25, 0.3) is 0 Å². The van der Waals surface area contributed by atoms with E-state index in [9.17, 15) is 0 Å². The highest BCUT2D eigenvalue weighted by molar-refractivity contribution is 6.11. The zero-order valence-electron chi connectivity index (χ0n) is 28.2. The van der Waals surface area contributed by atoms with Gasteiger partial charge in [0, 0.05) is 44.0 Å². The van der Waals surface area contributed by atoms with Gasteiger partial charge in [-0.3, -0.25) is 0 Å². The Bertz CT molecular complexity index is 3070. The van der Waals surface area contributed by atoms with E-state index in [4.69, 9.17) is 23.5 Å². The second kappa shape index (κ2) is 11.9. The Kier molecular flexibility index (Phi) is 6.79. The monoisotopic (exact) mass is 677 g/mol. The van der Waals surface area contributed by atoms with Gasteiger partial charge in [0.1, 0.15) is 11.4 Å². The minimum Gasteiger partial charge on any atom is -0.309 e. The Labute approximate surface area is 304 Å². The highest BCUT2D eigenvalue weighted by atomic mass is 15.4. The topological polar surface area (TPSA) is 49.3 Å². The average Bonchev–Trinajstić information content (AvgIpc) is 3.91. The molecule has 0 radical (unpaired) electrons. The van der Waals surface area contributed by atoms with Crippen molar-refractivity contribution in [3.05, 3.63) is 187 Å². The average molecular weight is 678 g/mol. The van der Waals surface area contributed by atoms with Crippen molar-refractivity contribution in [2.45, 2.75) is 0 Å². The molecule has 7 nitrogen and oxygen atoms in total. The van der Waals surface area contributed by atoms with Gasteiger partial charge >= 0.3 is 0 Å². The summed E-state index contributed by atoms with van der Waals surface area (Å²) >= 11 is 0. The summed E-state index contributed by atoms with van der Waals surface area (Å²) < 4.78 is 6.55. The molecule has 0 aliphatic rings. The first-order valence-corrected chi connectivity index (χ1v) is 17.2. The van der Waals surface area contributed by atoms with E-state index in [1.807, 2.05) is 41.1 Å². The summed E-state index contributed by atoms with van der Waals surface area (Å²) in [7, 11) is 0. The lowest BCUT2D eigenvalue weighted by molar-refractivity contribution is 0.809. The lowest BCUT2D eigenvalue weighted by Gasteiger charge is -2.13. The molecule has 10 aromatic rings. The van der Waals surface area contributed by atoms with E-state index in [1.165, 1.54) is 10.8 Å². The molecular weight excluding hydrogens is 651 g/mol. The third kappa shape index (κ3) is 4.73. The molecule has 0 amide bonds. The molecule has 7 aromatic carbocycles. The van der Waals surface area contributed by atoms with Gasteiger partial charge in [-0.1, -0.05) is 120 Å². The number of para-hydroxylation sites is 3. The van der Waals surface area contributed by atoms with Crippen LogP contribution in [0, 0.1) is 13.1 Å². The normalized spacial score (nSPS) is 11.4. The fourth-order valence-corrected chi connectivity index (χ4v) is 7.64. The Morgan fingerprint density at radius 2 is 0.906 bits per heavy atom. The second-order valence-electron chi connectivity index (χ2n) is 13.0. The smallest absolute Gasteiger partial charge is 0.187 e. The van der Waals surface area contributed by atoms with Crippen molar-refractivity contribution in [3.8, 4) is 39.6 Å². The first-order valence-electron chi connectivity index (χ1n) is 17.2. The molecule has 0 fully saturated rings. The van der Waals surface area contributed by atoms with Crippen LogP contribution >= 0.6 is 0 Å². The van der Waals surface area contributed by atoms with Crippen LogP contribution in [0.2, 0.25) is 0 Å². The maximum atomic E-state index is 7.49. The summed E-state index contributed by atoms with van der Waals surface area (Å²) in [5.41, 5.74) is 11.8. The van der Waals surface area contributed by atoms with Crippen LogP contribution in [0.1, 0.15) is 0 Å². The molecule has 0 spiro atoms. The van der Waals surface area contributed by atoms with Crippen LogP contribution in [-0.4, -0.2) is 24.1 Å². The summed E-state index contributed by atoms with van der Waals surface area (Å²) in [5.74, 6) is 0. The molecule has 0 aliphatic carbocycles. The highest BCUT2D eigenvalue weighted by Gasteiger charge is 2.21. The largest absolute Gasteiger partial charge is 0.309 e. The van der Waals surface area contributed by atoms with E-state index in [0.717, 1.165) is 66.7 Å². The van der Waals surface area contributed by atoms with Crippen LogP contribution in [0.4, 0.5) is 11.4 Å². The maximum absolute atomic E-state index is 7.49. The Morgan fingerprint density at radius 3 is 1.45 bits per heavy atom. The highest BCUT2D eigenvalue weighted by Crippen LogP contribution is 2.38. The third-order valence-electron chi connectivity index (χ3n) is 10.0. The van der Waals surface area contributed by atoms with E-state index < -0.39 is 0 Å². The minimum atomic E-state index is 0.560. The molecule has 0 atom stereocenters. The van der Waals surface area contributed by atoms with Crippen LogP contribution in [0.3, 0.4) is 0 Å². The van der Waals surface area contributed by atoms with Gasteiger partial charge in [0.2, 0.25) is 0 Å². The van der Waals surface area contributed by atoms with E-state index in [2.05, 4.69) is 134 Å². The molecule has 10 rings (SSSR count). The quantitative estimate of drug-likeness (QED) is 0.170. The molecule has 246 valence electrons. The molecule has 7 heteroatoms. The lowest BCUT2D eigenvalue weighted by atomic mass is 10.0. The van der Waals surface area contributed by atoms with Crippen molar-refractivity contribution < 1.29 is 0 Å². The number of rotatable bonds is 5. The summed E-state index contributed by atoms with van der Waals surface area (Å²) in [5, 5.41) is 14.2. The predicted octanol–water partition coefficient (Wildman–Crippen LogP) is 11.9. The van der Waals surface area contributed by atoms with E-state index in [1.54, 1.807) is 12.1 Å². The zero-order chi connectivity index (χ0) is 35.5. The predicted molar refractivity (Wildman–Crippen MR) is 213 cm³/mol. The standard InChI is InChI=1S/C46H27N7/c1-47-32-22-18-30(19-23-32)45-46(31-20-24-33(48-2)25-21-31)53(50-49-45)36-26-27-40-39-14-5-8-17-43(39)52(44(40)29-36)35-11-9-10-34(28-35)51-41-15-6-3-12-37(41)38-13-4-7-16-42(38)51/h3-29H. The first-order chi connectivity index (χ1) is 26.2. The summed E-state index contributed by atoms with van der Waals surface area (Å²) in [4.78, 5) is 7.16. The number of fused-ring (bicyclic) bond motifs is 6. The molecule has 0 aliphatic heterocycles. The summed E-state index contributed by atoms with van der Waals surface area (Å²) in [6.45, 7) is 14.9. The fraction of sp³-hybridized carbons (Fsp3) is 0. The number of hydrogen-bond donors (Lipinski definition) is 0. The van der Waals surface area contributed by atoms with Gasteiger partial charge in [-0.25, -0.2) is 14.4 Å².